The minimum absolute atomic E-state index is 0.818. The second-order valence-corrected chi connectivity index (χ2v) is 7.29. The molecule has 0 saturated carbocycles. The quantitative estimate of drug-likeness (QED) is 0.421. The topological polar surface area (TPSA) is 133 Å². The van der Waals surface area contributed by atoms with Crippen LogP contribution in [0.2, 0.25) is 0 Å². The van der Waals surface area contributed by atoms with Crippen LogP contribution in [-0.4, -0.2) is 24.6 Å². The van der Waals surface area contributed by atoms with E-state index >= 15 is 0 Å². The molecule has 9 heteroatoms. The largest absolute Gasteiger partial charge is 0.452 e. The molecule has 1 aromatic carbocycles. The lowest BCUT2D eigenvalue weighted by molar-refractivity contribution is -2.00. The van der Waals surface area contributed by atoms with Crippen LogP contribution in [0.4, 0.5) is 5.69 Å². The Kier molecular flexibility index (Phi) is 7.56. The average Bonchev–Trinajstić information content (AvgIpc) is 2.61. The van der Waals surface area contributed by atoms with Gasteiger partial charge in [-0.05, 0) is 52.3 Å². The smallest absolute Gasteiger partial charge is 0.206 e. The maximum atomic E-state index is 8.49. The fourth-order valence-electron chi connectivity index (χ4n) is 3.21. The van der Waals surface area contributed by atoms with Crippen molar-refractivity contribution in [2.24, 2.45) is 0 Å². The summed E-state index contributed by atoms with van der Waals surface area (Å²) in [6.07, 6.45) is 0. The molecule has 0 aromatic heterocycles. The SMILES string of the molecule is CCNc1cc2oc3cc(=[N+](CC)CC)c(C)cc-3nc2cc1C.[O-][Cl+3]([O-])([O-])[O-]. The summed E-state index contributed by atoms with van der Waals surface area (Å²) >= 11 is 0. The normalized spacial score (nSPS) is 11.3. The van der Waals surface area contributed by atoms with Gasteiger partial charge in [0, 0.05) is 23.9 Å². The van der Waals surface area contributed by atoms with E-state index < -0.39 is 10.2 Å². The highest BCUT2D eigenvalue weighted by Gasteiger charge is 2.15. The predicted molar refractivity (Wildman–Crippen MR) is 101 cm³/mol. The van der Waals surface area contributed by atoms with Gasteiger partial charge in [0.2, 0.25) is 5.36 Å². The molecule has 0 fully saturated rings. The Hall–Kier alpha value is -2.23. The molecule has 1 N–H and O–H groups in total. The van der Waals surface area contributed by atoms with Crippen molar-refractivity contribution < 1.29 is 33.3 Å². The van der Waals surface area contributed by atoms with Crippen molar-refractivity contribution in [2.75, 3.05) is 25.0 Å². The first-order valence-electron chi connectivity index (χ1n) is 9.36. The number of anilines is 1. The minimum atomic E-state index is -4.94. The van der Waals surface area contributed by atoms with Crippen molar-refractivity contribution in [1.29, 1.82) is 0 Å². The molecule has 0 spiro atoms. The predicted octanol–water partition coefficient (Wildman–Crippen LogP) is -0.963. The van der Waals surface area contributed by atoms with Crippen molar-refractivity contribution in [2.45, 2.75) is 34.6 Å². The number of hydrogen-bond acceptors (Lipinski definition) is 7. The number of fused-ring (bicyclic) bond motifs is 2. The first-order chi connectivity index (χ1) is 13.6. The zero-order valence-electron chi connectivity index (χ0n) is 17.2. The van der Waals surface area contributed by atoms with Crippen LogP contribution in [-0.2, 0) is 0 Å². The van der Waals surface area contributed by atoms with Crippen molar-refractivity contribution >= 4 is 16.8 Å². The molecule has 0 saturated heterocycles. The standard InChI is InChI=1S/C20H25N3O.ClHO4/c1-6-21-15-11-19-16(9-13(15)4)22-17-10-14(5)18(12-20(17)24-19)23(7-2)8-3;2-1(3,4)5/h9-12H,6-8H2,1-5H3;(H,2,3,4,5). The molecule has 29 heavy (non-hydrogen) atoms. The maximum absolute atomic E-state index is 8.49. The maximum Gasteiger partial charge on any atom is 0.206 e. The van der Waals surface area contributed by atoms with Gasteiger partial charge in [-0.2, -0.15) is 0 Å². The average molecular weight is 424 g/mol. The second-order valence-electron chi connectivity index (χ2n) is 6.54. The molecule has 1 aromatic rings. The van der Waals surface area contributed by atoms with Crippen LogP contribution in [0.15, 0.2) is 28.7 Å². The number of nitrogens with one attached hydrogen (secondary N) is 1. The van der Waals surface area contributed by atoms with Gasteiger partial charge in [0.15, 0.2) is 11.3 Å². The van der Waals surface area contributed by atoms with E-state index in [1.807, 2.05) is 0 Å². The van der Waals surface area contributed by atoms with Gasteiger partial charge >= 0.3 is 0 Å². The zero-order chi connectivity index (χ0) is 21.8. The van der Waals surface area contributed by atoms with Crippen LogP contribution < -0.4 is 33.9 Å². The Morgan fingerprint density at radius 1 is 0.966 bits per heavy atom. The summed E-state index contributed by atoms with van der Waals surface area (Å²) in [6.45, 7) is 13.5. The van der Waals surface area contributed by atoms with Gasteiger partial charge in [0.05, 0.1) is 6.07 Å². The van der Waals surface area contributed by atoms with Crippen LogP contribution in [0.5, 0.6) is 0 Å². The number of rotatable bonds is 4. The molecule has 0 bridgehead atoms. The molecular weight excluding hydrogens is 398 g/mol. The molecule has 8 nitrogen and oxygen atoms in total. The van der Waals surface area contributed by atoms with Crippen molar-refractivity contribution in [3.63, 3.8) is 0 Å². The van der Waals surface area contributed by atoms with Crippen LogP contribution in [0, 0.1) is 24.1 Å². The number of aryl methyl sites for hydroxylation is 2. The molecule has 1 aliphatic heterocycles. The third kappa shape index (κ3) is 6.12. The Balaban J connectivity index is 0.000000537. The highest BCUT2D eigenvalue weighted by molar-refractivity contribution is 5.81. The van der Waals surface area contributed by atoms with Crippen molar-refractivity contribution in [3.05, 3.63) is 40.7 Å². The summed E-state index contributed by atoms with van der Waals surface area (Å²) in [5.41, 5.74) is 6.14. The van der Waals surface area contributed by atoms with Crippen molar-refractivity contribution in [3.8, 4) is 11.5 Å². The lowest BCUT2D eigenvalue weighted by Gasteiger charge is -2.17. The third-order valence-corrected chi connectivity index (χ3v) is 4.52. The van der Waals surface area contributed by atoms with E-state index in [-0.39, 0.29) is 0 Å². The van der Waals surface area contributed by atoms with Crippen LogP contribution in [0.3, 0.4) is 0 Å². The fraction of sp³-hybridized carbons (Fsp3) is 0.400. The van der Waals surface area contributed by atoms with Gasteiger partial charge in [0.1, 0.15) is 24.3 Å². The molecule has 3 rings (SSSR count). The Labute approximate surface area is 171 Å². The van der Waals surface area contributed by atoms with Gasteiger partial charge in [0.25, 0.3) is 0 Å². The van der Waals surface area contributed by atoms with Gasteiger partial charge in [-0.3, -0.25) is 0 Å². The summed E-state index contributed by atoms with van der Waals surface area (Å²) in [5.74, 6) is 0.835. The first-order valence-corrected chi connectivity index (χ1v) is 10.6. The molecule has 2 aliphatic rings. The van der Waals surface area contributed by atoms with E-state index in [0.29, 0.717) is 0 Å². The zero-order valence-corrected chi connectivity index (χ0v) is 18.0. The summed E-state index contributed by atoms with van der Waals surface area (Å²) in [6, 6.07) is 8.39. The minimum Gasteiger partial charge on any atom is -0.452 e. The van der Waals surface area contributed by atoms with Gasteiger partial charge in [-0.15, -0.1) is 10.2 Å². The highest BCUT2D eigenvalue weighted by atomic mass is 35.7. The third-order valence-electron chi connectivity index (χ3n) is 4.52. The summed E-state index contributed by atoms with van der Waals surface area (Å²) in [7, 11) is -4.94. The molecule has 1 aliphatic carbocycles. The van der Waals surface area contributed by atoms with E-state index in [9.17, 15) is 0 Å². The number of nitrogens with zero attached hydrogens (tertiary/aromatic N) is 2. The van der Waals surface area contributed by atoms with E-state index in [1.54, 1.807) is 0 Å². The van der Waals surface area contributed by atoms with E-state index in [4.69, 9.17) is 28.0 Å². The molecule has 0 radical (unpaired) electrons. The van der Waals surface area contributed by atoms with Gasteiger partial charge in [-0.25, -0.2) is 28.2 Å². The lowest BCUT2D eigenvalue weighted by atomic mass is 10.1. The molecule has 158 valence electrons. The van der Waals surface area contributed by atoms with Gasteiger partial charge < -0.3 is 9.73 Å². The number of aromatic nitrogens is 1. The Bertz CT molecular complexity index is 1020. The molecule has 0 unspecified atom stereocenters. The van der Waals surface area contributed by atoms with Crippen LogP contribution >= 0.6 is 0 Å². The molecule has 0 atom stereocenters. The van der Waals surface area contributed by atoms with Crippen LogP contribution in [0.1, 0.15) is 31.9 Å². The van der Waals surface area contributed by atoms with Crippen molar-refractivity contribution in [1.82, 2.24) is 9.56 Å². The monoisotopic (exact) mass is 423 g/mol. The Morgan fingerprint density at radius 3 is 2.14 bits per heavy atom. The molecular formula is C20H26ClN3O5. The molecule has 1 heterocycles. The summed E-state index contributed by atoms with van der Waals surface area (Å²) in [4.78, 5) is 4.81. The summed E-state index contributed by atoms with van der Waals surface area (Å²) < 4.78 is 42.5. The first kappa shape index (κ1) is 23.1. The van der Waals surface area contributed by atoms with Gasteiger partial charge in [-0.1, -0.05) is 0 Å². The second kappa shape index (κ2) is 9.51. The summed E-state index contributed by atoms with van der Waals surface area (Å²) in [5, 5.41) is 4.60. The Morgan fingerprint density at radius 2 is 1.59 bits per heavy atom. The van der Waals surface area contributed by atoms with E-state index in [0.717, 1.165) is 47.9 Å². The fourth-order valence-corrected chi connectivity index (χ4v) is 3.21. The number of halogens is 1. The molecule has 0 amide bonds. The van der Waals surface area contributed by atoms with E-state index in [1.165, 1.54) is 16.5 Å². The number of hydrogen-bond donors (Lipinski definition) is 1. The highest BCUT2D eigenvalue weighted by Crippen LogP contribution is 2.28. The lowest BCUT2D eigenvalue weighted by Crippen LogP contribution is -2.68. The van der Waals surface area contributed by atoms with E-state index in [2.05, 4.69) is 68.8 Å². The number of benzene rings is 2. The van der Waals surface area contributed by atoms with Crippen LogP contribution in [0.25, 0.3) is 22.6 Å².